The van der Waals surface area contributed by atoms with Gasteiger partial charge in [0, 0.05) is 12.5 Å². The Labute approximate surface area is 109 Å². The van der Waals surface area contributed by atoms with Crippen LogP contribution in [0.4, 0.5) is 5.69 Å². The number of sulfonamides is 1. The average molecular weight is 288 g/mol. The quantitative estimate of drug-likeness (QED) is 0.619. The molecule has 0 aliphatic heterocycles. The van der Waals surface area contributed by atoms with Crippen molar-refractivity contribution in [1.82, 2.24) is 4.89 Å². The van der Waals surface area contributed by atoms with Crippen LogP contribution in [0, 0.1) is 10.1 Å². The van der Waals surface area contributed by atoms with Gasteiger partial charge in [-0.25, -0.2) is 8.42 Å². The van der Waals surface area contributed by atoms with Crippen molar-refractivity contribution in [3.05, 3.63) is 34.4 Å². The summed E-state index contributed by atoms with van der Waals surface area (Å²) in [6, 6.07) is 4.76. The lowest BCUT2D eigenvalue weighted by molar-refractivity contribution is -0.387. The zero-order valence-corrected chi connectivity index (χ0v) is 10.8. The summed E-state index contributed by atoms with van der Waals surface area (Å²) in [6.45, 7) is 1.72. The second-order valence-corrected chi connectivity index (χ2v) is 5.15. The lowest BCUT2D eigenvalue weighted by Crippen LogP contribution is -2.27. The molecule has 0 radical (unpaired) electrons. The lowest BCUT2D eigenvalue weighted by Gasteiger charge is -2.06. The first kappa shape index (κ1) is 15.1. The van der Waals surface area contributed by atoms with Gasteiger partial charge in [0.2, 0.25) is 0 Å². The normalized spacial score (nSPS) is 11.0. The zero-order chi connectivity index (χ0) is 14.5. The number of benzene rings is 1. The summed E-state index contributed by atoms with van der Waals surface area (Å²) in [7, 11) is -4.28. The summed E-state index contributed by atoms with van der Waals surface area (Å²) < 4.78 is 23.5. The predicted molar refractivity (Wildman–Crippen MR) is 64.4 cm³/mol. The molecule has 0 aliphatic rings. The highest BCUT2D eigenvalue weighted by atomic mass is 32.2. The van der Waals surface area contributed by atoms with Crippen LogP contribution >= 0.6 is 0 Å². The number of rotatable bonds is 6. The molecule has 0 aliphatic carbocycles. The number of carbonyl (C=O) groups is 1. The van der Waals surface area contributed by atoms with Crippen LogP contribution in [0.5, 0.6) is 0 Å². The van der Waals surface area contributed by atoms with Crippen LogP contribution in [0.3, 0.4) is 0 Å². The molecule has 104 valence electrons. The second-order valence-electron chi connectivity index (χ2n) is 3.54. The molecule has 8 nitrogen and oxygen atoms in total. The number of carbonyl (C=O) groups excluding carboxylic acids is 1. The molecule has 9 heteroatoms. The lowest BCUT2D eigenvalue weighted by atomic mass is 10.3. The Kier molecular flexibility index (Phi) is 4.95. The molecular weight excluding hydrogens is 276 g/mol. The van der Waals surface area contributed by atoms with E-state index in [1.807, 2.05) is 0 Å². The summed E-state index contributed by atoms with van der Waals surface area (Å²) in [5.74, 6) is -0.760. The SMILES string of the molecule is CCCC(=O)ONS(=O)(=O)c1ccccc1[N+](=O)[O-]. The minimum Gasteiger partial charge on any atom is -0.356 e. The molecule has 0 unspecified atom stereocenters. The number of nitrogens with one attached hydrogen (secondary N) is 1. The minimum atomic E-state index is -4.28. The molecule has 0 fully saturated rings. The molecule has 0 aromatic heterocycles. The topological polar surface area (TPSA) is 116 Å². The van der Waals surface area contributed by atoms with E-state index < -0.39 is 31.5 Å². The molecule has 0 saturated heterocycles. The molecule has 1 rings (SSSR count). The fourth-order valence-corrected chi connectivity index (χ4v) is 2.20. The van der Waals surface area contributed by atoms with Gasteiger partial charge in [0.15, 0.2) is 4.90 Å². The van der Waals surface area contributed by atoms with Crippen molar-refractivity contribution in [3.63, 3.8) is 0 Å². The first-order valence-corrected chi connectivity index (χ1v) is 6.81. The molecule has 0 amide bonds. The van der Waals surface area contributed by atoms with Crippen LogP contribution in [0.2, 0.25) is 0 Å². The minimum absolute atomic E-state index is 0.0411. The van der Waals surface area contributed by atoms with E-state index in [2.05, 4.69) is 4.84 Å². The molecule has 1 N–H and O–H groups in total. The summed E-state index contributed by atoms with van der Waals surface area (Å²) >= 11 is 0. The Morgan fingerprint density at radius 3 is 2.63 bits per heavy atom. The molecule has 0 saturated carbocycles. The fraction of sp³-hybridized carbons (Fsp3) is 0.300. The highest BCUT2D eigenvalue weighted by Gasteiger charge is 2.26. The maximum absolute atomic E-state index is 11.8. The summed E-state index contributed by atoms with van der Waals surface area (Å²) in [4.78, 5) is 26.3. The third-order valence-electron chi connectivity index (χ3n) is 2.07. The molecule has 0 heterocycles. The summed E-state index contributed by atoms with van der Waals surface area (Å²) in [6.07, 6.45) is 0.533. The number of nitro benzene ring substituents is 1. The Hall–Kier alpha value is -2.00. The van der Waals surface area contributed by atoms with E-state index in [1.165, 1.54) is 12.1 Å². The van der Waals surface area contributed by atoms with Gasteiger partial charge in [0.05, 0.1) is 4.92 Å². The van der Waals surface area contributed by atoms with Crippen molar-refractivity contribution in [2.24, 2.45) is 0 Å². The van der Waals surface area contributed by atoms with Crippen LogP contribution in [-0.4, -0.2) is 19.3 Å². The van der Waals surface area contributed by atoms with Gasteiger partial charge in [0.1, 0.15) is 0 Å². The monoisotopic (exact) mass is 288 g/mol. The third kappa shape index (κ3) is 4.00. The summed E-state index contributed by atoms with van der Waals surface area (Å²) in [5.41, 5.74) is -0.596. The van der Waals surface area contributed by atoms with Crippen molar-refractivity contribution < 1.29 is 23.0 Å². The van der Waals surface area contributed by atoms with Crippen LogP contribution in [-0.2, 0) is 19.7 Å². The molecule has 1 aromatic carbocycles. The van der Waals surface area contributed by atoms with Crippen molar-refractivity contribution in [3.8, 4) is 0 Å². The number of nitro groups is 1. The Morgan fingerprint density at radius 1 is 1.42 bits per heavy atom. The van der Waals surface area contributed by atoms with Gasteiger partial charge in [-0.2, -0.15) is 0 Å². The van der Waals surface area contributed by atoms with Gasteiger partial charge in [-0.15, -0.1) is 0 Å². The van der Waals surface area contributed by atoms with Gasteiger partial charge in [-0.1, -0.05) is 19.1 Å². The van der Waals surface area contributed by atoms with Crippen molar-refractivity contribution >= 4 is 21.7 Å². The number of para-hydroxylation sites is 1. The van der Waals surface area contributed by atoms with Gasteiger partial charge in [0.25, 0.3) is 15.7 Å². The zero-order valence-electron chi connectivity index (χ0n) is 10.0. The fourth-order valence-electron chi connectivity index (χ4n) is 1.24. The van der Waals surface area contributed by atoms with E-state index in [1.54, 1.807) is 11.8 Å². The van der Waals surface area contributed by atoms with Crippen LogP contribution in [0.1, 0.15) is 19.8 Å². The second kappa shape index (κ2) is 6.25. The molecule has 0 atom stereocenters. The standard InChI is InChI=1S/C10H12N2O6S/c1-2-5-10(13)18-11-19(16,17)9-7-4-3-6-8(9)12(14)15/h3-4,6-7,11H,2,5H2,1H3. The number of nitrogens with zero attached hydrogens (tertiary/aromatic N) is 1. The largest absolute Gasteiger partial charge is 0.356 e. The highest BCUT2D eigenvalue weighted by molar-refractivity contribution is 7.89. The molecule has 0 bridgehead atoms. The molecular formula is C10H12N2O6S. The van der Waals surface area contributed by atoms with Gasteiger partial charge < -0.3 is 4.84 Å². The van der Waals surface area contributed by atoms with E-state index in [0.717, 1.165) is 12.1 Å². The molecule has 1 aromatic rings. The molecule has 0 spiro atoms. The van der Waals surface area contributed by atoms with E-state index >= 15 is 0 Å². The maximum atomic E-state index is 11.8. The van der Waals surface area contributed by atoms with Gasteiger partial charge in [-0.05, 0) is 17.4 Å². The van der Waals surface area contributed by atoms with Crippen LogP contribution in [0.15, 0.2) is 29.2 Å². The average Bonchev–Trinajstić information content (AvgIpc) is 2.37. The Bertz CT molecular complexity index is 583. The third-order valence-corrected chi connectivity index (χ3v) is 3.30. The Morgan fingerprint density at radius 2 is 2.05 bits per heavy atom. The Balaban J connectivity index is 2.95. The van der Waals surface area contributed by atoms with Crippen molar-refractivity contribution in [2.75, 3.05) is 0 Å². The van der Waals surface area contributed by atoms with Crippen LogP contribution < -0.4 is 4.89 Å². The highest BCUT2D eigenvalue weighted by Crippen LogP contribution is 2.22. The first-order valence-electron chi connectivity index (χ1n) is 5.33. The predicted octanol–water partition coefficient (Wildman–Crippen LogP) is 1.13. The maximum Gasteiger partial charge on any atom is 0.326 e. The van der Waals surface area contributed by atoms with E-state index in [9.17, 15) is 23.3 Å². The van der Waals surface area contributed by atoms with Crippen molar-refractivity contribution in [1.29, 1.82) is 0 Å². The smallest absolute Gasteiger partial charge is 0.326 e. The van der Waals surface area contributed by atoms with E-state index in [0.29, 0.717) is 6.42 Å². The van der Waals surface area contributed by atoms with E-state index in [4.69, 9.17) is 0 Å². The first-order chi connectivity index (χ1) is 8.88. The molecule has 19 heavy (non-hydrogen) atoms. The van der Waals surface area contributed by atoms with Crippen LogP contribution in [0.25, 0.3) is 0 Å². The summed E-state index contributed by atoms with van der Waals surface area (Å²) in [5, 5.41) is 10.7. The number of hydrogen-bond acceptors (Lipinski definition) is 6. The van der Waals surface area contributed by atoms with E-state index in [-0.39, 0.29) is 6.42 Å². The van der Waals surface area contributed by atoms with Gasteiger partial charge >= 0.3 is 5.97 Å². The van der Waals surface area contributed by atoms with Crippen molar-refractivity contribution in [2.45, 2.75) is 24.7 Å². The number of hydrogen-bond donors (Lipinski definition) is 1. The van der Waals surface area contributed by atoms with Gasteiger partial charge in [-0.3, -0.25) is 14.9 Å².